The molecular weight excluding hydrogens is 745 g/mol. The number of hydrogen-bond donors (Lipinski definition) is 0. The fraction of sp³-hybridized carbons (Fsp3) is 0.537. The topological polar surface area (TPSA) is 78.9 Å². The molecule has 0 aliphatic rings. The minimum absolute atomic E-state index is 0.128. The molecule has 1 atom stereocenters. The summed E-state index contributed by atoms with van der Waals surface area (Å²) in [4.78, 5) is 37.8. The highest BCUT2D eigenvalue weighted by molar-refractivity contribution is 5.71. The highest BCUT2D eigenvalue weighted by Crippen LogP contribution is 2.11. The number of carbonyl (C=O) groups is 3. The van der Waals surface area contributed by atoms with E-state index >= 15 is 0 Å². The van der Waals surface area contributed by atoms with E-state index in [1.807, 2.05) is 36.5 Å². The average Bonchev–Trinajstić information content (AvgIpc) is 3.24. The molecular formula is C54H82O6. The van der Waals surface area contributed by atoms with Crippen molar-refractivity contribution in [3.05, 3.63) is 134 Å². The number of carbonyl (C=O) groups excluding carboxylic acids is 3. The molecule has 0 rings (SSSR count). The second-order valence-corrected chi connectivity index (χ2v) is 14.7. The monoisotopic (exact) mass is 827 g/mol. The molecule has 334 valence electrons. The highest BCUT2D eigenvalue weighted by atomic mass is 16.6. The minimum atomic E-state index is -0.832. The Morgan fingerprint density at radius 2 is 0.750 bits per heavy atom. The van der Waals surface area contributed by atoms with Crippen LogP contribution in [0, 0.1) is 0 Å². The summed E-state index contributed by atoms with van der Waals surface area (Å²) in [5.41, 5.74) is 0. The standard InChI is InChI=1S/C54H82O6/c1-4-7-10-13-16-19-22-24-25-26-27-28-30-32-35-38-41-44-47-53(56)59-50-51(49-58-52(55)46-43-40-37-34-31-21-18-15-12-9-6-3)60-54(57)48-45-42-39-36-33-29-23-20-17-14-11-8-5-2/h8-9,11-12,14,16-29,33-34,37,51H,4-7,10,13,15,30-32,35-36,38-50H2,1-3H3/b11-8-,12-9-,17-14-,19-16-,21-18-,23-20-,24-22-,26-25-,28-27-,33-29-,37-34-. The summed E-state index contributed by atoms with van der Waals surface area (Å²) in [5.74, 6) is -1.06. The summed E-state index contributed by atoms with van der Waals surface area (Å²) in [6.07, 6.45) is 65.8. The lowest BCUT2D eigenvalue weighted by atomic mass is 10.1. The van der Waals surface area contributed by atoms with Crippen LogP contribution >= 0.6 is 0 Å². The molecule has 1 unspecified atom stereocenters. The Balaban J connectivity index is 4.56. The highest BCUT2D eigenvalue weighted by Gasteiger charge is 2.19. The van der Waals surface area contributed by atoms with Gasteiger partial charge in [0, 0.05) is 19.3 Å². The number of allylic oxidation sites excluding steroid dienone is 22. The Kier molecular flexibility index (Phi) is 43.7. The van der Waals surface area contributed by atoms with E-state index in [0.29, 0.717) is 19.3 Å². The van der Waals surface area contributed by atoms with E-state index in [-0.39, 0.29) is 44.0 Å². The summed E-state index contributed by atoms with van der Waals surface area (Å²) in [6.45, 7) is 6.20. The maximum atomic E-state index is 12.7. The fourth-order valence-corrected chi connectivity index (χ4v) is 5.60. The lowest BCUT2D eigenvalue weighted by Gasteiger charge is -2.18. The van der Waals surface area contributed by atoms with Gasteiger partial charge in [0.05, 0.1) is 0 Å². The number of rotatable bonds is 39. The molecule has 0 aromatic carbocycles. The Morgan fingerprint density at radius 3 is 1.28 bits per heavy atom. The van der Waals surface area contributed by atoms with Gasteiger partial charge in [-0.25, -0.2) is 0 Å². The Morgan fingerprint density at radius 1 is 0.367 bits per heavy atom. The zero-order chi connectivity index (χ0) is 43.7. The van der Waals surface area contributed by atoms with Crippen LogP contribution < -0.4 is 0 Å². The van der Waals surface area contributed by atoms with E-state index < -0.39 is 6.10 Å². The van der Waals surface area contributed by atoms with Crippen LogP contribution in [0.2, 0.25) is 0 Å². The SMILES string of the molecule is CC\C=C/C=C\C=C/C=C\CCCCCC(=O)OC(COC(=O)CCC/C=C\C/C=C\C/C=C\CC)COC(=O)CCCCCCC\C=C/C=C\C=C/C=C\CCCCC. The van der Waals surface area contributed by atoms with Gasteiger partial charge in [-0.1, -0.05) is 193 Å². The molecule has 0 aliphatic carbocycles. The zero-order valence-corrected chi connectivity index (χ0v) is 37.9. The van der Waals surface area contributed by atoms with Gasteiger partial charge in [-0.3, -0.25) is 14.4 Å². The first kappa shape index (κ1) is 55.5. The van der Waals surface area contributed by atoms with Gasteiger partial charge in [0.15, 0.2) is 6.10 Å². The molecule has 0 fully saturated rings. The molecule has 0 spiro atoms. The first-order chi connectivity index (χ1) is 29.5. The molecule has 0 saturated carbocycles. The largest absolute Gasteiger partial charge is 0.462 e. The van der Waals surface area contributed by atoms with Gasteiger partial charge in [-0.05, 0) is 89.9 Å². The van der Waals surface area contributed by atoms with E-state index in [2.05, 4.69) is 118 Å². The fourth-order valence-electron chi connectivity index (χ4n) is 5.60. The van der Waals surface area contributed by atoms with Crippen LogP contribution in [0.5, 0.6) is 0 Å². The number of esters is 3. The van der Waals surface area contributed by atoms with Crippen molar-refractivity contribution in [1.82, 2.24) is 0 Å². The Labute approximate surface area is 366 Å². The van der Waals surface area contributed by atoms with E-state index in [9.17, 15) is 14.4 Å². The quantitative estimate of drug-likeness (QED) is 0.0202. The minimum Gasteiger partial charge on any atom is -0.462 e. The van der Waals surface area contributed by atoms with Crippen LogP contribution in [0.4, 0.5) is 0 Å². The van der Waals surface area contributed by atoms with Crippen molar-refractivity contribution in [3.8, 4) is 0 Å². The summed E-state index contributed by atoms with van der Waals surface area (Å²) >= 11 is 0. The molecule has 0 aliphatic heterocycles. The van der Waals surface area contributed by atoms with Crippen LogP contribution in [-0.2, 0) is 28.6 Å². The molecule has 0 heterocycles. The lowest BCUT2D eigenvalue weighted by Crippen LogP contribution is -2.30. The molecule has 0 amide bonds. The van der Waals surface area contributed by atoms with Gasteiger partial charge in [0.25, 0.3) is 0 Å². The first-order valence-corrected chi connectivity index (χ1v) is 23.3. The third-order valence-corrected chi connectivity index (χ3v) is 9.06. The van der Waals surface area contributed by atoms with Crippen molar-refractivity contribution in [2.45, 2.75) is 175 Å². The van der Waals surface area contributed by atoms with E-state index in [4.69, 9.17) is 14.2 Å². The van der Waals surface area contributed by atoms with Crippen molar-refractivity contribution in [2.24, 2.45) is 0 Å². The Hall–Kier alpha value is -4.45. The molecule has 0 radical (unpaired) electrons. The average molecular weight is 827 g/mol. The van der Waals surface area contributed by atoms with Crippen LogP contribution in [-0.4, -0.2) is 37.2 Å². The van der Waals surface area contributed by atoms with Crippen molar-refractivity contribution in [2.75, 3.05) is 13.2 Å². The van der Waals surface area contributed by atoms with Crippen molar-refractivity contribution < 1.29 is 28.6 Å². The van der Waals surface area contributed by atoms with Crippen molar-refractivity contribution in [3.63, 3.8) is 0 Å². The van der Waals surface area contributed by atoms with E-state index in [1.54, 1.807) is 0 Å². The van der Waals surface area contributed by atoms with Gasteiger partial charge >= 0.3 is 17.9 Å². The third kappa shape index (κ3) is 44.6. The number of hydrogen-bond acceptors (Lipinski definition) is 6. The molecule has 6 heteroatoms. The van der Waals surface area contributed by atoms with Crippen LogP contribution in [0.3, 0.4) is 0 Å². The third-order valence-electron chi connectivity index (χ3n) is 9.06. The van der Waals surface area contributed by atoms with Gasteiger partial charge in [0.2, 0.25) is 0 Å². The zero-order valence-electron chi connectivity index (χ0n) is 37.9. The predicted octanol–water partition coefficient (Wildman–Crippen LogP) is 15.1. The maximum Gasteiger partial charge on any atom is 0.306 e. The lowest BCUT2D eigenvalue weighted by molar-refractivity contribution is -0.167. The van der Waals surface area contributed by atoms with Crippen molar-refractivity contribution >= 4 is 17.9 Å². The van der Waals surface area contributed by atoms with Gasteiger partial charge in [-0.2, -0.15) is 0 Å². The molecule has 0 N–H and O–H groups in total. The molecule has 60 heavy (non-hydrogen) atoms. The second-order valence-electron chi connectivity index (χ2n) is 14.7. The molecule has 0 aromatic heterocycles. The second kappa shape index (κ2) is 47.2. The normalized spacial score (nSPS) is 13.3. The number of ether oxygens (including phenoxy) is 3. The predicted molar refractivity (Wildman–Crippen MR) is 256 cm³/mol. The van der Waals surface area contributed by atoms with E-state index in [0.717, 1.165) is 96.3 Å². The molecule has 0 aromatic rings. The Bertz CT molecular complexity index is 1370. The van der Waals surface area contributed by atoms with Gasteiger partial charge < -0.3 is 14.2 Å². The molecule has 0 saturated heterocycles. The number of unbranched alkanes of at least 4 members (excludes halogenated alkanes) is 12. The van der Waals surface area contributed by atoms with Crippen LogP contribution in [0.25, 0.3) is 0 Å². The molecule has 0 bridgehead atoms. The smallest absolute Gasteiger partial charge is 0.306 e. The maximum absolute atomic E-state index is 12.7. The van der Waals surface area contributed by atoms with Crippen molar-refractivity contribution in [1.29, 1.82) is 0 Å². The summed E-state index contributed by atoms with van der Waals surface area (Å²) < 4.78 is 16.6. The molecule has 6 nitrogen and oxygen atoms in total. The van der Waals surface area contributed by atoms with Gasteiger partial charge in [0.1, 0.15) is 13.2 Å². The summed E-state index contributed by atoms with van der Waals surface area (Å²) in [7, 11) is 0. The van der Waals surface area contributed by atoms with E-state index in [1.165, 1.54) is 19.3 Å². The van der Waals surface area contributed by atoms with Gasteiger partial charge in [-0.15, -0.1) is 0 Å². The summed E-state index contributed by atoms with van der Waals surface area (Å²) in [6, 6.07) is 0. The van der Waals surface area contributed by atoms with Crippen LogP contribution in [0.15, 0.2) is 134 Å². The summed E-state index contributed by atoms with van der Waals surface area (Å²) in [5, 5.41) is 0. The van der Waals surface area contributed by atoms with Crippen LogP contribution in [0.1, 0.15) is 168 Å². The first-order valence-electron chi connectivity index (χ1n) is 23.3.